The van der Waals surface area contributed by atoms with Crippen molar-refractivity contribution in [2.45, 2.75) is 66.4 Å². The van der Waals surface area contributed by atoms with Crippen LogP contribution in [0.25, 0.3) is 0 Å². The number of carbonyl (C=O) groups is 2. The summed E-state index contributed by atoms with van der Waals surface area (Å²) in [7, 11) is 0. The van der Waals surface area contributed by atoms with Crippen LogP contribution in [0.2, 0.25) is 0 Å². The number of hydrogen-bond donors (Lipinski definition) is 1. The summed E-state index contributed by atoms with van der Waals surface area (Å²) in [5.74, 6) is -1.04. The molecule has 0 saturated heterocycles. The van der Waals surface area contributed by atoms with E-state index < -0.39 is 5.97 Å². The summed E-state index contributed by atoms with van der Waals surface area (Å²) in [4.78, 5) is 21.7. The number of ether oxygens (including phenoxy) is 1. The highest BCUT2D eigenvalue weighted by Gasteiger charge is 2.34. The van der Waals surface area contributed by atoms with Gasteiger partial charge in [0, 0.05) is 13.3 Å². The van der Waals surface area contributed by atoms with Crippen LogP contribution in [-0.2, 0) is 14.3 Å². The van der Waals surface area contributed by atoms with Gasteiger partial charge in [0.1, 0.15) is 6.10 Å². The van der Waals surface area contributed by atoms with Crippen molar-refractivity contribution < 1.29 is 19.4 Å². The fourth-order valence-corrected chi connectivity index (χ4v) is 3.25. The zero-order valence-corrected chi connectivity index (χ0v) is 14.8. The van der Waals surface area contributed by atoms with Crippen molar-refractivity contribution >= 4 is 11.9 Å². The quantitative estimate of drug-likeness (QED) is 0.447. The Morgan fingerprint density at radius 2 is 2.00 bits per heavy atom. The smallest absolute Gasteiger partial charge is 0.307 e. The van der Waals surface area contributed by atoms with Gasteiger partial charge in [-0.2, -0.15) is 0 Å². The molecule has 1 N–H and O–H groups in total. The molecule has 0 aromatic heterocycles. The molecule has 0 bridgehead atoms. The standard InChI is InChI=1S/C19H28O4/c1-13(7-6-8-18(21)22)9-10-17-14(2)11-16(23-15(3)20)12-19(17,4)5/h6-7,9,16H,8,10-12H2,1-5H3,(H,21,22)/t16-/m1/s1. The molecular formula is C19H28O4. The average Bonchev–Trinajstić information content (AvgIpc) is 2.35. The molecular weight excluding hydrogens is 292 g/mol. The molecule has 0 aromatic carbocycles. The molecule has 0 heterocycles. The molecule has 0 amide bonds. The van der Waals surface area contributed by atoms with Crippen LogP contribution in [0.15, 0.2) is 34.9 Å². The minimum atomic E-state index is -0.822. The van der Waals surface area contributed by atoms with Crippen molar-refractivity contribution in [3.8, 4) is 0 Å². The van der Waals surface area contributed by atoms with E-state index in [0.717, 1.165) is 24.8 Å². The lowest BCUT2D eigenvalue weighted by Crippen LogP contribution is -2.31. The second-order valence-corrected chi connectivity index (χ2v) is 6.93. The van der Waals surface area contributed by atoms with Crippen LogP contribution in [0.3, 0.4) is 0 Å². The van der Waals surface area contributed by atoms with E-state index >= 15 is 0 Å². The van der Waals surface area contributed by atoms with Crippen molar-refractivity contribution in [1.29, 1.82) is 0 Å². The summed E-state index contributed by atoms with van der Waals surface area (Å²) in [6.45, 7) is 9.91. The van der Waals surface area contributed by atoms with E-state index in [0.29, 0.717) is 0 Å². The maximum absolute atomic E-state index is 11.2. The number of carboxylic acids is 1. The Labute approximate surface area is 138 Å². The van der Waals surface area contributed by atoms with Crippen LogP contribution in [0.1, 0.15) is 60.3 Å². The van der Waals surface area contributed by atoms with Crippen molar-refractivity contribution in [1.82, 2.24) is 0 Å². The number of carboxylic acid groups (broad SMARTS) is 1. The van der Waals surface area contributed by atoms with Gasteiger partial charge in [-0.1, -0.05) is 48.8 Å². The maximum atomic E-state index is 11.2. The molecule has 23 heavy (non-hydrogen) atoms. The largest absolute Gasteiger partial charge is 0.481 e. The lowest BCUT2D eigenvalue weighted by molar-refractivity contribution is -0.147. The van der Waals surface area contributed by atoms with Crippen LogP contribution in [0.4, 0.5) is 0 Å². The molecule has 128 valence electrons. The van der Waals surface area contributed by atoms with E-state index in [2.05, 4.69) is 26.8 Å². The van der Waals surface area contributed by atoms with Crippen LogP contribution in [-0.4, -0.2) is 23.1 Å². The Morgan fingerprint density at radius 1 is 1.35 bits per heavy atom. The molecule has 1 aliphatic carbocycles. The predicted octanol–water partition coefficient (Wildman–Crippen LogP) is 4.42. The fraction of sp³-hybridized carbons (Fsp3) is 0.579. The number of allylic oxidation sites excluding steroid dienone is 4. The second-order valence-electron chi connectivity index (χ2n) is 6.93. The molecule has 4 nitrogen and oxygen atoms in total. The molecule has 1 atom stereocenters. The van der Waals surface area contributed by atoms with Gasteiger partial charge in [0.2, 0.25) is 0 Å². The van der Waals surface area contributed by atoms with Gasteiger partial charge in [0.05, 0.1) is 6.42 Å². The number of esters is 1. The topological polar surface area (TPSA) is 63.6 Å². The molecule has 0 aliphatic heterocycles. The lowest BCUT2D eigenvalue weighted by Gasteiger charge is -2.38. The highest BCUT2D eigenvalue weighted by molar-refractivity contribution is 5.68. The van der Waals surface area contributed by atoms with Crippen molar-refractivity contribution in [3.63, 3.8) is 0 Å². The molecule has 0 fully saturated rings. The van der Waals surface area contributed by atoms with Gasteiger partial charge in [0.15, 0.2) is 0 Å². The monoisotopic (exact) mass is 320 g/mol. The van der Waals surface area contributed by atoms with Crippen LogP contribution >= 0.6 is 0 Å². The van der Waals surface area contributed by atoms with Crippen molar-refractivity contribution in [3.05, 3.63) is 34.9 Å². The summed E-state index contributed by atoms with van der Waals surface area (Å²) in [6, 6.07) is 0. The zero-order chi connectivity index (χ0) is 17.6. The molecule has 1 rings (SSSR count). The Balaban J connectivity index is 2.79. The highest BCUT2D eigenvalue weighted by atomic mass is 16.5. The van der Waals surface area contributed by atoms with Crippen LogP contribution in [0.5, 0.6) is 0 Å². The van der Waals surface area contributed by atoms with Crippen molar-refractivity contribution in [2.24, 2.45) is 5.41 Å². The Morgan fingerprint density at radius 3 is 2.52 bits per heavy atom. The zero-order valence-electron chi connectivity index (χ0n) is 14.8. The summed E-state index contributed by atoms with van der Waals surface area (Å²) >= 11 is 0. The Kier molecular flexibility index (Phi) is 6.79. The minimum Gasteiger partial charge on any atom is -0.481 e. The van der Waals surface area contributed by atoms with E-state index in [-0.39, 0.29) is 23.9 Å². The summed E-state index contributed by atoms with van der Waals surface area (Å²) in [6.07, 6.45) is 8.12. The minimum absolute atomic E-state index is 0.00991. The third-order valence-electron chi connectivity index (χ3n) is 4.24. The van der Waals surface area contributed by atoms with Gasteiger partial charge in [-0.3, -0.25) is 9.59 Å². The van der Waals surface area contributed by atoms with Gasteiger partial charge >= 0.3 is 11.9 Å². The third kappa shape index (κ3) is 6.43. The van der Waals surface area contributed by atoms with E-state index in [9.17, 15) is 9.59 Å². The first-order chi connectivity index (χ1) is 10.6. The first-order valence-corrected chi connectivity index (χ1v) is 8.03. The average molecular weight is 320 g/mol. The molecule has 0 saturated carbocycles. The van der Waals surface area contributed by atoms with Gasteiger partial charge < -0.3 is 9.84 Å². The predicted molar refractivity (Wildman–Crippen MR) is 91.0 cm³/mol. The molecule has 0 unspecified atom stereocenters. The third-order valence-corrected chi connectivity index (χ3v) is 4.24. The first-order valence-electron chi connectivity index (χ1n) is 8.03. The van der Waals surface area contributed by atoms with Crippen LogP contribution in [0, 0.1) is 5.41 Å². The SMILES string of the molecule is CC(=O)O[C@@H]1CC(C)=C(CC=C(C)C=CCC(=O)O)C(C)(C)C1. The molecule has 0 radical (unpaired) electrons. The van der Waals surface area contributed by atoms with E-state index in [1.807, 2.05) is 13.0 Å². The molecule has 1 aliphatic rings. The fourth-order valence-electron chi connectivity index (χ4n) is 3.25. The summed E-state index contributed by atoms with van der Waals surface area (Å²) in [5, 5.41) is 8.64. The Bertz CT molecular complexity index is 550. The Hall–Kier alpha value is -1.84. The number of hydrogen-bond acceptors (Lipinski definition) is 3. The lowest BCUT2D eigenvalue weighted by atomic mass is 9.70. The molecule has 0 spiro atoms. The van der Waals surface area contributed by atoms with Gasteiger partial charge in [-0.25, -0.2) is 0 Å². The first kappa shape index (κ1) is 19.2. The van der Waals surface area contributed by atoms with Gasteiger partial charge in [-0.05, 0) is 32.1 Å². The maximum Gasteiger partial charge on any atom is 0.307 e. The number of rotatable bonds is 6. The highest BCUT2D eigenvalue weighted by Crippen LogP contribution is 2.43. The number of carbonyl (C=O) groups excluding carboxylic acids is 1. The molecule has 4 heteroatoms. The summed E-state index contributed by atoms with van der Waals surface area (Å²) in [5.41, 5.74) is 3.71. The number of aliphatic carboxylic acids is 1. The van der Waals surface area contributed by atoms with Gasteiger partial charge in [-0.15, -0.1) is 0 Å². The van der Waals surface area contributed by atoms with Gasteiger partial charge in [0.25, 0.3) is 0 Å². The normalized spacial score (nSPS) is 21.6. The van der Waals surface area contributed by atoms with Crippen molar-refractivity contribution in [2.75, 3.05) is 0 Å². The van der Waals surface area contributed by atoms with Crippen LogP contribution < -0.4 is 0 Å². The molecule has 0 aromatic rings. The van der Waals surface area contributed by atoms with E-state index in [1.165, 1.54) is 18.1 Å². The summed E-state index contributed by atoms with van der Waals surface area (Å²) < 4.78 is 5.39. The van der Waals surface area contributed by atoms with E-state index in [1.54, 1.807) is 6.08 Å². The van der Waals surface area contributed by atoms with E-state index in [4.69, 9.17) is 9.84 Å². The second kappa shape index (κ2) is 8.14.